The van der Waals surface area contributed by atoms with Crippen LogP contribution in [0.15, 0.2) is 24.3 Å². The quantitative estimate of drug-likeness (QED) is 0.474. The van der Waals surface area contributed by atoms with E-state index in [4.69, 9.17) is 9.47 Å². The summed E-state index contributed by atoms with van der Waals surface area (Å²) >= 11 is 0. The Morgan fingerprint density at radius 2 is 1.91 bits per heavy atom. The Morgan fingerprint density at radius 1 is 1.22 bits per heavy atom. The molecule has 0 spiro atoms. The molecule has 0 aliphatic carbocycles. The maximum atomic E-state index is 12.8. The summed E-state index contributed by atoms with van der Waals surface area (Å²) in [6.07, 6.45) is 2.01. The second kappa shape index (κ2) is 6.32. The molecular formula is C18H24NO4+. The number of carbonyl (C=O) groups is 2. The lowest BCUT2D eigenvalue weighted by Gasteiger charge is -2.51. The molecule has 1 atom stereocenters. The number of ether oxygens (including phenoxy) is 2. The third kappa shape index (κ3) is 3.24. The molecule has 2 bridgehead atoms. The van der Waals surface area contributed by atoms with Gasteiger partial charge in [0.15, 0.2) is 6.10 Å². The molecule has 1 aromatic carbocycles. The van der Waals surface area contributed by atoms with E-state index >= 15 is 0 Å². The van der Waals surface area contributed by atoms with Gasteiger partial charge >= 0.3 is 5.97 Å². The maximum absolute atomic E-state index is 12.8. The molecule has 0 aromatic heterocycles. The monoisotopic (exact) mass is 318 g/mol. The van der Waals surface area contributed by atoms with Gasteiger partial charge < -0.3 is 14.0 Å². The van der Waals surface area contributed by atoms with E-state index in [1.54, 1.807) is 7.11 Å². The zero-order valence-electron chi connectivity index (χ0n) is 13.8. The summed E-state index contributed by atoms with van der Waals surface area (Å²) in [6.45, 7) is 4.64. The molecule has 3 heterocycles. The van der Waals surface area contributed by atoms with Gasteiger partial charge in [-0.25, -0.2) is 0 Å². The second-order valence-corrected chi connectivity index (χ2v) is 6.74. The fourth-order valence-electron chi connectivity index (χ4n) is 4.05. The fraction of sp³-hybridized carbons (Fsp3) is 0.556. The number of rotatable bonds is 5. The number of carbonyl (C=O) groups excluding carboxylic acids is 2. The van der Waals surface area contributed by atoms with Crippen LogP contribution in [0.3, 0.4) is 0 Å². The molecule has 4 rings (SSSR count). The van der Waals surface area contributed by atoms with Crippen molar-refractivity contribution < 1.29 is 23.5 Å². The number of benzene rings is 1. The zero-order valence-corrected chi connectivity index (χ0v) is 13.8. The summed E-state index contributed by atoms with van der Waals surface area (Å²) in [6, 6.07) is 7.36. The summed E-state index contributed by atoms with van der Waals surface area (Å²) in [5, 5.41) is 0. The fourth-order valence-corrected chi connectivity index (χ4v) is 4.05. The smallest absolute Gasteiger partial charge is 0.303 e. The van der Waals surface area contributed by atoms with Crippen LogP contribution in [0.25, 0.3) is 0 Å². The van der Waals surface area contributed by atoms with Gasteiger partial charge in [-0.3, -0.25) is 9.59 Å². The first-order valence-electron chi connectivity index (χ1n) is 8.21. The van der Waals surface area contributed by atoms with Crippen LogP contribution in [0, 0.1) is 5.92 Å². The van der Waals surface area contributed by atoms with Crippen LogP contribution in [-0.2, 0) is 9.53 Å². The molecule has 5 heteroatoms. The number of hydrogen-bond acceptors (Lipinski definition) is 4. The predicted octanol–water partition coefficient (Wildman–Crippen LogP) is 2.05. The van der Waals surface area contributed by atoms with Crippen molar-refractivity contribution in [3.05, 3.63) is 29.8 Å². The van der Waals surface area contributed by atoms with Crippen molar-refractivity contribution in [1.29, 1.82) is 0 Å². The molecule has 0 N–H and O–H groups in total. The number of hydrogen-bond donors (Lipinski definition) is 0. The van der Waals surface area contributed by atoms with E-state index in [-0.39, 0.29) is 17.9 Å². The highest BCUT2D eigenvalue weighted by Crippen LogP contribution is 2.36. The molecule has 5 nitrogen and oxygen atoms in total. The highest BCUT2D eigenvalue weighted by atomic mass is 16.5. The van der Waals surface area contributed by atoms with Crippen LogP contribution in [0.4, 0.5) is 0 Å². The number of methoxy groups -OCH3 is 1. The predicted molar refractivity (Wildman–Crippen MR) is 85.3 cm³/mol. The van der Waals surface area contributed by atoms with Gasteiger partial charge in [-0.05, 0) is 12.1 Å². The molecule has 0 saturated carbocycles. The minimum Gasteiger partial charge on any atom is -0.496 e. The van der Waals surface area contributed by atoms with Crippen LogP contribution in [0.5, 0.6) is 5.75 Å². The molecule has 1 aromatic rings. The molecule has 0 radical (unpaired) electrons. The van der Waals surface area contributed by atoms with Crippen molar-refractivity contribution >= 4 is 11.8 Å². The lowest BCUT2D eigenvalue weighted by Crippen LogP contribution is -2.65. The molecule has 0 unspecified atom stereocenters. The van der Waals surface area contributed by atoms with Crippen molar-refractivity contribution in [2.45, 2.75) is 25.9 Å². The van der Waals surface area contributed by atoms with Crippen LogP contribution in [0.1, 0.15) is 30.1 Å². The Balaban J connectivity index is 1.75. The minimum atomic E-state index is -0.224. The van der Waals surface area contributed by atoms with Gasteiger partial charge in [0.25, 0.3) is 0 Å². The number of ketones is 1. The number of esters is 1. The summed E-state index contributed by atoms with van der Waals surface area (Å²) < 4.78 is 11.5. The lowest BCUT2D eigenvalue weighted by molar-refractivity contribution is -0.938. The number of para-hydroxylation sites is 1. The first kappa shape index (κ1) is 16.0. The average molecular weight is 318 g/mol. The minimum absolute atomic E-state index is 0.0412. The molecule has 23 heavy (non-hydrogen) atoms. The average Bonchev–Trinajstić information content (AvgIpc) is 2.54. The van der Waals surface area contributed by atoms with Crippen LogP contribution in [0.2, 0.25) is 0 Å². The number of Topliss-reactive ketones (excluding diaryl/α,β-unsaturated/α-hetero) is 1. The van der Waals surface area contributed by atoms with Crippen molar-refractivity contribution in [2.24, 2.45) is 5.92 Å². The maximum Gasteiger partial charge on any atom is 0.303 e. The number of fused-ring (bicyclic) bond motifs is 3. The third-order valence-corrected chi connectivity index (χ3v) is 5.25. The van der Waals surface area contributed by atoms with E-state index in [9.17, 15) is 9.59 Å². The zero-order chi connectivity index (χ0) is 16.4. The number of quaternary nitrogens is 1. The Bertz CT molecular complexity index is 605. The van der Waals surface area contributed by atoms with Gasteiger partial charge in [0.1, 0.15) is 18.8 Å². The van der Waals surface area contributed by atoms with Gasteiger partial charge in [-0.15, -0.1) is 0 Å². The van der Waals surface area contributed by atoms with E-state index in [1.807, 2.05) is 24.3 Å². The summed E-state index contributed by atoms with van der Waals surface area (Å²) in [5.74, 6) is 0.960. The van der Waals surface area contributed by atoms with E-state index in [0.717, 1.165) is 37.0 Å². The molecular weight excluding hydrogens is 294 g/mol. The van der Waals surface area contributed by atoms with E-state index in [0.29, 0.717) is 23.8 Å². The largest absolute Gasteiger partial charge is 0.496 e. The highest BCUT2D eigenvalue weighted by molar-refractivity contribution is 5.99. The van der Waals surface area contributed by atoms with Crippen LogP contribution in [-0.4, -0.2) is 55.6 Å². The van der Waals surface area contributed by atoms with Crippen molar-refractivity contribution in [3.8, 4) is 5.75 Å². The SMILES string of the molecule is COc1ccccc1C(=O)C[N+]12CCC(CC1)[C@@H](OC(C)=O)C2. The molecule has 3 aliphatic rings. The normalized spacial score (nSPS) is 29.1. The molecule has 3 fully saturated rings. The van der Waals surface area contributed by atoms with Gasteiger partial charge in [0, 0.05) is 25.7 Å². The number of piperidine rings is 3. The Labute approximate surface area is 136 Å². The Kier molecular flexibility index (Phi) is 4.39. The molecule has 3 aliphatic heterocycles. The topological polar surface area (TPSA) is 52.6 Å². The number of nitrogens with zero attached hydrogens (tertiary/aromatic N) is 1. The summed E-state index contributed by atoms with van der Waals surface area (Å²) in [4.78, 5) is 24.1. The molecule has 124 valence electrons. The van der Waals surface area contributed by atoms with Crippen molar-refractivity contribution in [3.63, 3.8) is 0 Å². The van der Waals surface area contributed by atoms with Gasteiger partial charge in [0.2, 0.25) is 5.78 Å². The molecule has 0 amide bonds. The Morgan fingerprint density at radius 3 is 2.57 bits per heavy atom. The first-order valence-corrected chi connectivity index (χ1v) is 8.21. The van der Waals surface area contributed by atoms with Crippen LogP contribution >= 0.6 is 0 Å². The standard InChI is InChI=1S/C18H24NO4/c1-13(20)23-18-12-19(9-7-14(18)8-10-19)11-16(21)15-5-3-4-6-17(15)22-2/h3-6,14,18H,7-12H2,1-2H3/q+1/t14?,18-,19?/m0/s1. The lowest BCUT2D eigenvalue weighted by atomic mass is 9.82. The van der Waals surface area contributed by atoms with E-state index in [2.05, 4.69) is 0 Å². The Hall–Kier alpha value is -1.88. The van der Waals surface area contributed by atoms with Gasteiger partial charge in [-0.1, -0.05) is 12.1 Å². The van der Waals surface area contributed by atoms with Gasteiger partial charge in [0.05, 0.1) is 25.8 Å². The van der Waals surface area contributed by atoms with Crippen molar-refractivity contribution in [1.82, 2.24) is 0 Å². The van der Waals surface area contributed by atoms with Crippen LogP contribution < -0.4 is 4.74 Å². The van der Waals surface area contributed by atoms with Crippen molar-refractivity contribution in [2.75, 3.05) is 33.3 Å². The first-order chi connectivity index (χ1) is 11.0. The highest BCUT2D eigenvalue weighted by Gasteiger charge is 2.48. The summed E-state index contributed by atoms with van der Waals surface area (Å²) in [7, 11) is 1.59. The summed E-state index contributed by atoms with van der Waals surface area (Å²) in [5.41, 5.74) is 0.638. The van der Waals surface area contributed by atoms with E-state index in [1.165, 1.54) is 6.92 Å². The molecule has 3 saturated heterocycles. The second-order valence-electron chi connectivity index (χ2n) is 6.74. The van der Waals surface area contributed by atoms with E-state index < -0.39 is 0 Å². The third-order valence-electron chi connectivity index (χ3n) is 5.25. The van der Waals surface area contributed by atoms with Gasteiger partial charge in [-0.2, -0.15) is 0 Å².